The van der Waals surface area contributed by atoms with Crippen molar-refractivity contribution in [2.45, 2.75) is 11.1 Å². The molecule has 0 aliphatic rings. The molecule has 0 fully saturated rings. The van der Waals surface area contributed by atoms with E-state index in [2.05, 4.69) is 10.3 Å². The van der Waals surface area contributed by atoms with Crippen LogP contribution in [0.3, 0.4) is 0 Å². The first-order valence-electron chi connectivity index (χ1n) is 11.0. The Morgan fingerprint density at radius 1 is 1.00 bits per heavy atom. The van der Waals surface area contributed by atoms with Crippen LogP contribution in [0.4, 0.5) is 18.9 Å². The number of anilines is 1. The van der Waals surface area contributed by atoms with Crippen LogP contribution in [-0.4, -0.2) is 47.0 Å². The predicted molar refractivity (Wildman–Crippen MR) is 139 cm³/mol. The molecule has 3 aromatic carbocycles. The van der Waals surface area contributed by atoms with Gasteiger partial charge in [-0.3, -0.25) is 14.8 Å². The number of nitrogens with zero attached hydrogens (tertiary/aromatic N) is 2. The van der Waals surface area contributed by atoms with Gasteiger partial charge in [-0.25, -0.2) is 23.3 Å². The summed E-state index contributed by atoms with van der Waals surface area (Å²) in [4.78, 5) is 25.9. The average molecular weight is 575 g/mol. The number of carboxylic acids is 1. The Morgan fingerprint density at radius 3 is 2.20 bits per heavy atom. The molecule has 15 heteroatoms. The van der Waals surface area contributed by atoms with E-state index in [1.807, 2.05) is 0 Å². The zero-order chi connectivity index (χ0) is 29.7. The van der Waals surface area contributed by atoms with Gasteiger partial charge in [-0.15, -0.1) is 0 Å². The van der Waals surface area contributed by atoms with Crippen LogP contribution in [0.25, 0.3) is 16.8 Å². The number of amides is 1. The fraction of sp³-hybridized carbons (Fsp3) is 0.0400. The van der Waals surface area contributed by atoms with Crippen LogP contribution in [0, 0.1) is 5.41 Å². The minimum absolute atomic E-state index is 0.0264. The lowest BCUT2D eigenvalue weighted by molar-refractivity contribution is -0.192. The number of amidine groups is 1. The van der Waals surface area contributed by atoms with Gasteiger partial charge in [-0.2, -0.15) is 13.2 Å². The summed E-state index contributed by atoms with van der Waals surface area (Å²) in [6, 6.07) is 20.1. The largest absolute Gasteiger partial charge is 0.490 e. The SMILES string of the molecule is N=C(N)c1cccc(-n2cncc2C(=O)Nc2ccc(-c3ccccc3S(N)(=O)=O)cc2)c1.O=C(O)C(F)(F)F. The fourth-order valence-corrected chi connectivity index (χ4v) is 4.13. The van der Waals surface area contributed by atoms with E-state index in [-0.39, 0.29) is 10.7 Å². The maximum Gasteiger partial charge on any atom is 0.490 e. The Kier molecular flexibility index (Phi) is 8.71. The van der Waals surface area contributed by atoms with Crippen molar-refractivity contribution in [3.05, 3.63) is 96.6 Å². The molecule has 0 saturated heterocycles. The predicted octanol–water partition coefficient (Wildman–Crippen LogP) is 3.36. The number of benzene rings is 3. The molecule has 4 rings (SSSR count). The Bertz CT molecular complexity index is 1670. The van der Waals surface area contributed by atoms with Crippen molar-refractivity contribution in [1.82, 2.24) is 9.55 Å². The minimum atomic E-state index is -5.08. The Balaban J connectivity index is 0.000000559. The lowest BCUT2D eigenvalue weighted by Crippen LogP contribution is -2.21. The van der Waals surface area contributed by atoms with Crippen LogP contribution in [-0.2, 0) is 14.8 Å². The van der Waals surface area contributed by atoms with Crippen LogP contribution in [0.5, 0.6) is 0 Å². The highest BCUT2D eigenvalue weighted by molar-refractivity contribution is 7.89. The van der Waals surface area contributed by atoms with E-state index < -0.39 is 28.1 Å². The van der Waals surface area contributed by atoms with E-state index >= 15 is 0 Å². The van der Waals surface area contributed by atoms with E-state index in [9.17, 15) is 26.4 Å². The van der Waals surface area contributed by atoms with Gasteiger partial charge in [0, 0.05) is 22.5 Å². The summed E-state index contributed by atoms with van der Waals surface area (Å²) in [6.07, 6.45) is -2.14. The summed E-state index contributed by atoms with van der Waals surface area (Å²) in [5.41, 5.74) is 8.65. The number of carbonyl (C=O) groups is 2. The second-order valence-corrected chi connectivity index (χ2v) is 9.52. The highest BCUT2D eigenvalue weighted by Gasteiger charge is 2.38. The number of halogens is 3. The molecule has 0 bridgehead atoms. The van der Waals surface area contributed by atoms with E-state index in [1.165, 1.54) is 18.6 Å². The number of hydrogen-bond acceptors (Lipinski definition) is 6. The van der Waals surface area contributed by atoms with E-state index in [4.69, 9.17) is 26.2 Å². The van der Waals surface area contributed by atoms with Crippen LogP contribution in [0.15, 0.2) is 90.2 Å². The van der Waals surface area contributed by atoms with Crippen LogP contribution in [0.1, 0.15) is 16.1 Å². The van der Waals surface area contributed by atoms with Crippen LogP contribution in [0.2, 0.25) is 0 Å². The molecular formula is C25H21F3N6O5S. The quantitative estimate of drug-likeness (QED) is 0.172. The topological polar surface area (TPSA) is 194 Å². The molecule has 0 atom stereocenters. The molecule has 0 spiro atoms. The number of carbonyl (C=O) groups excluding carboxylic acids is 1. The molecule has 4 aromatic rings. The molecule has 0 saturated carbocycles. The summed E-state index contributed by atoms with van der Waals surface area (Å²) in [6.45, 7) is 0. The van der Waals surface area contributed by atoms with Crippen molar-refractivity contribution in [1.29, 1.82) is 5.41 Å². The maximum absolute atomic E-state index is 12.9. The first-order chi connectivity index (χ1) is 18.7. The highest BCUT2D eigenvalue weighted by Crippen LogP contribution is 2.27. The monoisotopic (exact) mass is 574 g/mol. The summed E-state index contributed by atoms with van der Waals surface area (Å²) < 4.78 is 57.1. The van der Waals surface area contributed by atoms with Crippen molar-refractivity contribution in [3.63, 3.8) is 0 Å². The number of nitrogens with two attached hydrogens (primary N) is 2. The smallest absolute Gasteiger partial charge is 0.475 e. The third kappa shape index (κ3) is 7.30. The summed E-state index contributed by atoms with van der Waals surface area (Å²) in [7, 11) is -3.88. The molecule has 40 heavy (non-hydrogen) atoms. The van der Waals surface area contributed by atoms with Gasteiger partial charge in [0.25, 0.3) is 5.91 Å². The van der Waals surface area contributed by atoms with Crippen molar-refractivity contribution >= 4 is 33.4 Å². The van der Waals surface area contributed by atoms with Gasteiger partial charge in [0.2, 0.25) is 10.0 Å². The van der Waals surface area contributed by atoms with Crippen molar-refractivity contribution < 1.29 is 36.3 Å². The first kappa shape index (κ1) is 29.5. The van der Waals surface area contributed by atoms with Gasteiger partial charge in [0.1, 0.15) is 11.5 Å². The Hall–Kier alpha value is -5.02. The molecule has 1 aromatic heterocycles. The molecule has 0 aliphatic carbocycles. The molecule has 1 heterocycles. The second kappa shape index (κ2) is 11.8. The number of rotatable bonds is 6. The zero-order valence-electron chi connectivity index (χ0n) is 20.3. The maximum atomic E-state index is 12.9. The van der Waals surface area contributed by atoms with Crippen LogP contribution < -0.4 is 16.2 Å². The number of nitrogens with one attached hydrogen (secondary N) is 2. The number of alkyl halides is 3. The van der Waals surface area contributed by atoms with Crippen molar-refractivity contribution in [2.75, 3.05) is 5.32 Å². The number of imidazole rings is 1. The number of carboxylic acid groups (broad SMARTS) is 1. The molecule has 0 aliphatic heterocycles. The van der Waals surface area contributed by atoms with Gasteiger partial charge >= 0.3 is 12.1 Å². The van der Waals surface area contributed by atoms with Gasteiger partial charge in [0.15, 0.2) is 0 Å². The molecular weight excluding hydrogens is 553 g/mol. The average Bonchev–Trinajstić information content (AvgIpc) is 3.39. The van der Waals surface area contributed by atoms with E-state index in [0.717, 1.165) is 0 Å². The normalized spacial score (nSPS) is 11.2. The molecule has 0 radical (unpaired) electrons. The number of sulfonamides is 1. The standard InChI is InChI=1S/C23H20N6O3S.C2HF3O2/c24-22(25)16-4-3-5-18(12-16)29-14-27-13-20(29)23(30)28-17-10-8-15(9-11-17)19-6-1-2-7-21(19)33(26,31)32;3-2(4,5)1(6)7/h1-14H,(H3,24,25)(H,28,30)(H2,26,31,32);(H,6,7). The first-order valence-corrected chi connectivity index (χ1v) is 12.5. The van der Waals surface area contributed by atoms with Gasteiger partial charge in [-0.1, -0.05) is 42.5 Å². The number of aromatic nitrogens is 2. The third-order valence-electron chi connectivity index (χ3n) is 5.20. The third-order valence-corrected chi connectivity index (χ3v) is 6.17. The molecule has 11 nitrogen and oxygen atoms in total. The van der Waals surface area contributed by atoms with Gasteiger partial charge in [0.05, 0.1) is 17.4 Å². The fourth-order valence-electron chi connectivity index (χ4n) is 3.37. The molecule has 0 unspecified atom stereocenters. The van der Waals surface area contributed by atoms with Crippen molar-refractivity contribution in [3.8, 4) is 16.8 Å². The lowest BCUT2D eigenvalue weighted by atomic mass is 10.1. The number of aliphatic carboxylic acids is 1. The summed E-state index contributed by atoms with van der Waals surface area (Å²) in [5.74, 6) is -3.22. The number of nitrogen functional groups attached to an aromatic ring is 1. The van der Waals surface area contributed by atoms with Crippen molar-refractivity contribution in [2.24, 2.45) is 10.9 Å². The number of hydrogen-bond donors (Lipinski definition) is 5. The molecule has 1 amide bonds. The van der Waals surface area contributed by atoms with Crippen LogP contribution >= 0.6 is 0 Å². The Morgan fingerprint density at radius 2 is 1.62 bits per heavy atom. The zero-order valence-corrected chi connectivity index (χ0v) is 21.1. The van der Waals surface area contributed by atoms with Gasteiger partial charge < -0.3 is 16.2 Å². The highest BCUT2D eigenvalue weighted by atomic mass is 32.2. The van der Waals surface area contributed by atoms with E-state index in [0.29, 0.717) is 33.8 Å². The molecule has 208 valence electrons. The second-order valence-electron chi connectivity index (χ2n) is 7.99. The summed E-state index contributed by atoms with van der Waals surface area (Å²) >= 11 is 0. The lowest BCUT2D eigenvalue weighted by Gasteiger charge is -2.11. The van der Waals surface area contributed by atoms with E-state index in [1.54, 1.807) is 71.3 Å². The number of primary sulfonamides is 1. The molecule has 7 N–H and O–H groups in total. The summed E-state index contributed by atoms with van der Waals surface area (Å²) in [5, 5.41) is 22.9. The minimum Gasteiger partial charge on any atom is -0.475 e. The van der Waals surface area contributed by atoms with Gasteiger partial charge in [-0.05, 0) is 35.9 Å². The Labute approximate surface area is 225 Å².